The quantitative estimate of drug-likeness (QED) is 0.703. The molecule has 4 heteroatoms. The summed E-state index contributed by atoms with van der Waals surface area (Å²) in [7, 11) is 0. The molecule has 2 aliphatic heterocycles. The Morgan fingerprint density at radius 2 is 2.17 bits per heavy atom. The van der Waals surface area contributed by atoms with E-state index in [1.165, 1.54) is 19.3 Å². The molecular weight excluding hydrogens is 230 g/mol. The van der Waals surface area contributed by atoms with Gasteiger partial charge in [0.15, 0.2) is 0 Å². The normalized spacial score (nSPS) is 27.1. The van der Waals surface area contributed by atoms with Crippen LogP contribution in [0.2, 0.25) is 0 Å². The van der Waals surface area contributed by atoms with Crippen molar-refractivity contribution in [2.75, 3.05) is 32.9 Å². The first-order valence-corrected chi connectivity index (χ1v) is 7.28. The third kappa shape index (κ3) is 3.69. The number of hydrogen-bond acceptors (Lipinski definition) is 4. The summed E-state index contributed by atoms with van der Waals surface area (Å²) in [5.41, 5.74) is 0. The van der Waals surface area contributed by atoms with Crippen LogP contribution in [-0.2, 0) is 14.3 Å². The van der Waals surface area contributed by atoms with Crippen molar-refractivity contribution >= 4 is 5.97 Å². The Bertz CT molecular complexity index is 258. The third-order valence-corrected chi connectivity index (χ3v) is 4.05. The van der Waals surface area contributed by atoms with Crippen LogP contribution in [0.4, 0.5) is 0 Å². The number of nitrogens with zero attached hydrogens (tertiary/aromatic N) is 1. The lowest BCUT2D eigenvalue weighted by Crippen LogP contribution is -2.45. The highest BCUT2D eigenvalue weighted by Gasteiger charge is 2.33. The number of carbonyl (C=O) groups excluding carboxylic acids is 1. The Labute approximate surface area is 110 Å². The summed E-state index contributed by atoms with van der Waals surface area (Å²) in [5.74, 6) is 0.451. The lowest BCUT2D eigenvalue weighted by atomic mass is 9.93. The van der Waals surface area contributed by atoms with E-state index in [0.717, 1.165) is 32.7 Å². The molecule has 0 saturated carbocycles. The molecule has 2 unspecified atom stereocenters. The highest BCUT2D eigenvalue weighted by atomic mass is 16.5. The Hall–Kier alpha value is -0.610. The molecule has 2 heterocycles. The smallest absolute Gasteiger partial charge is 0.307 e. The lowest BCUT2D eigenvalue weighted by molar-refractivity contribution is -0.145. The van der Waals surface area contributed by atoms with Crippen molar-refractivity contribution in [1.82, 2.24) is 4.90 Å². The van der Waals surface area contributed by atoms with Gasteiger partial charge in [-0.25, -0.2) is 0 Å². The van der Waals surface area contributed by atoms with Gasteiger partial charge in [0.2, 0.25) is 0 Å². The van der Waals surface area contributed by atoms with E-state index in [4.69, 9.17) is 9.47 Å². The van der Waals surface area contributed by atoms with Gasteiger partial charge in [0, 0.05) is 18.6 Å². The van der Waals surface area contributed by atoms with Gasteiger partial charge in [-0.1, -0.05) is 6.42 Å². The highest BCUT2D eigenvalue weighted by Crippen LogP contribution is 2.26. The number of piperidine rings is 1. The van der Waals surface area contributed by atoms with Crippen LogP contribution >= 0.6 is 0 Å². The number of rotatable bonds is 5. The minimum atomic E-state index is -0.0556. The molecule has 2 rings (SSSR count). The molecule has 0 radical (unpaired) electrons. The van der Waals surface area contributed by atoms with Crippen molar-refractivity contribution in [2.45, 2.75) is 45.1 Å². The molecule has 0 bridgehead atoms. The van der Waals surface area contributed by atoms with Crippen molar-refractivity contribution in [3.63, 3.8) is 0 Å². The van der Waals surface area contributed by atoms with Crippen LogP contribution in [0.25, 0.3) is 0 Å². The maximum absolute atomic E-state index is 11.8. The van der Waals surface area contributed by atoms with E-state index < -0.39 is 0 Å². The number of likely N-dealkylation sites (tertiary alicyclic amines) is 1. The van der Waals surface area contributed by atoms with Crippen molar-refractivity contribution in [3.8, 4) is 0 Å². The Morgan fingerprint density at radius 3 is 2.78 bits per heavy atom. The zero-order valence-corrected chi connectivity index (χ0v) is 11.4. The average Bonchev–Trinajstić information content (AvgIpc) is 2.91. The molecule has 0 aromatic carbocycles. The number of esters is 1. The van der Waals surface area contributed by atoms with Crippen LogP contribution in [0, 0.1) is 5.92 Å². The SMILES string of the molecule is CCOC(=O)CC(C1CCOC1)N1CCCCC1. The maximum Gasteiger partial charge on any atom is 0.307 e. The summed E-state index contributed by atoms with van der Waals surface area (Å²) in [4.78, 5) is 14.2. The predicted octanol–water partition coefficient (Wildman–Crippen LogP) is 1.83. The zero-order chi connectivity index (χ0) is 12.8. The van der Waals surface area contributed by atoms with Crippen molar-refractivity contribution in [1.29, 1.82) is 0 Å². The van der Waals surface area contributed by atoms with Gasteiger partial charge in [-0.2, -0.15) is 0 Å². The van der Waals surface area contributed by atoms with Gasteiger partial charge in [-0.05, 0) is 39.3 Å². The summed E-state index contributed by atoms with van der Waals surface area (Å²) in [6.07, 6.45) is 5.45. The van der Waals surface area contributed by atoms with Crippen LogP contribution < -0.4 is 0 Å². The third-order valence-electron chi connectivity index (χ3n) is 4.05. The molecule has 2 saturated heterocycles. The molecule has 2 fully saturated rings. The second-order valence-electron chi connectivity index (χ2n) is 5.30. The average molecular weight is 255 g/mol. The fraction of sp³-hybridized carbons (Fsp3) is 0.929. The number of carbonyl (C=O) groups is 1. The summed E-state index contributed by atoms with van der Waals surface area (Å²) in [6.45, 7) is 6.25. The number of ether oxygens (including phenoxy) is 2. The second kappa shape index (κ2) is 7.10. The topological polar surface area (TPSA) is 38.8 Å². The fourth-order valence-corrected chi connectivity index (χ4v) is 3.09. The first kappa shape index (κ1) is 13.8. The summed E-state index contributed by atoms with van der Waals surface area (Å²) in [6, 6.07) is 0.326. The second-order valence-corrected chi connectivity index (χ2v) is 5.30. The van der Waals surface area contributed by atoms with Gasteiger partial charge in [0.1, 0.15) is 0 Å². The molecule has 104 valence electrons. The lowest BCUT2D eigenvalue weighted by Gasteiger charge is -2.37. The van der Waals surface area contributed by atoms with Crippen LogP contribution in [0.15, 0.2) is 0 Å². The van der Waals surface area contributed by atoms with Crippen molar-refractivity contribution < 1.29 is 14.3 Å². The van der Waals surface area contributed by atoms with Gasteiger partial charge in [0.25, 0.3) is 0 Å². The Balaban J connectivity index is 1.94. The molecule has 0 aliphatic carbocycles. The molecule has 18 heavy (non-hydrogen) atoms. The van der Waals surface area contributed by atoms with Crippen molar-refractivity contribution in [3.05, 3.63) is 0 Å². The van der Waals surface area contributed by atoms with Crippen LogP contribution in [-0.4, -0.2) is 49.8 Å². The highest BCUT2D eigenvalue weighted by molar-refractivity contribution is 5.70. The Kier molecular flexibility index (Phi) is 5.45. The van der Waals surface area contributed by atoms with Crippen molar-refractivity contribution in [2.24, 2.45) is 5.92 Å². The van der Waals surface area contributed by atoms with Gasteiger partial charge in [0.05, 0.1) is 19.6 Å². The van der Waals surface area contributed by atoms with E-state index in [0.29, 0.717) is 25.0 Å². The van der Waals surface area contributed by atoms with Gasteiger partial charge in [-0.15, -0.1) is 0 Å². The van der Waals surface area contributed by atoms with E-state index in [9.17, 15) is 4.79 Å². The minimum Gasteiger partial charge on any atom is -0.466 e. The van der Waals surface area contributed by atoms with Crippen LogP contribution in [0.1, 0.15) is 39.0 Å². The van der Waals surface area contributed by atoms with E-state index >= 15 is 0 Å². The molecule has 0 aromatic heterocycles. The maximum atomic E-state index is 11.8. The molecule has 0 aromatic rings. The molecule has 0 amide bonds. The predicted molar refractivity (Wildman–Crippen MR) is 69.4 cm³/mol. The standard InChI is InChI=1S/C14H25NO3/c1-2-18-14(16)10-13(12-6-9-17-11-12)15-7-4-3-5-8-15/h12-13H,2-11H2,1H3. The summed E-state index contributed by atoms with van der Waals surface area (Å²) < 4.78 is 10.6. The number of hydrogen-bond donors (Lipinski definition) is 0. The Morgan fingerprint density at radius 1 is 1.39 bits per heavy atom. The monoisotopic (exact) mass is 255 g/mol. The molecular formula is C14H25NO3. The fourth-order valence-electron chi connectivity index (χ4n) is 3.09. The van der Waals surface area contributed by atoms with Gasteiger partial charge < -0.3 is 9.47 Å². The van der Waals surface area contributed by atoms with E-state index in [1.54, 1.807) is 0 Å². The summed E-state index contributed by atoms with van der Waals surface area (Å²) >= 11 is 0. The molecule has 2 aliphatic rings. The molecule has 0 N–H and O–H groups in total. The first-order chi connectivity index (χ1) is 8.81. The first-order valence-electron chi connectivity index (χ1n) is 7.28. The summed E-state index contributed by atoms with van der Waals surface area (Å²) in [5, 5.41) is 0. The molecule has 2 atom stereocenters. The van der Waals surface area contributed by atoms with Gasteiger partial charge in [-0.3, -0.25) is 9.69 Å². The van der Waals surface area contributed by atoms with Crippen LogP contribution in [0.5, 0.6) is 0 Å². The molecule has 0 spiro atoms. The van der Waals surface area contributed by atoms with E-state index in [-0.39, 0.29) is 5.97 Å². The zero-order valence-electron chi connectivity index (χ0n) is 11.4. The van der Waals surface area contributed by atoms with Crippen LogP contribution in [0.3, 0.4) is 0 Å². The van der Waals surface area contributed by atoms with Gasteiger partial charge >= 0.3 is 5.97 Å². The largest absolute Gasteiger partial charge is 0.466 e. The molecule has 4 nitrogen and oxygen atoms in total. The van der Waals surface area contributed by atoms with E-state index in [2.05, 4.69) is 4.90 Å². The minimum absolute atomic E-state index is 0.0556. The van der Waals surface area contributed by atoms with E-state index in [1.807, 2.05) is 6.92 Å².